The van der Waals surface area contributed by atoms with Gasteiger partial charge >= 0.3 is 0 Å². The number of benzene rings is 1. The van der Waals surface area contributed by atoms with Gasteiger partial charge in [0.05, 0.1) is 29.9 Å². The van der Waals surface area contributed by atoms with Gasteiger partial charge in [0.1, 0.15) is 11.6 Å². The monoisotopic (exact) mass is 395 g/mol. The molecule has 1 unspecified atom stereocenters. The van der Waals surface area contributed by atoms with Gasteiger partial charge in [0.2, 0.25) is 0 Å². The summed E-state index contributed by atoms with van der Waals surface area (Å²) in [6, 6.07) is 8.09. The van der Waals surface area contributed by atoms with Crippen LogP contribution in [0.5, 0.6) is 5.75 Å². The fourth-order valence-electron chi connectivity index (χ4n) is 2.70. The second kappa shape index (κ2) is 7.51. The normalized spacial score (nSPS) is 18.3. The standard InChI is InChI=1S/C17H18ClN3O4S/c1-25-15-4-3-12(18)8-14(15)21-16-5-2-11(9-19-16)17(22)20-13-6-7-26(23,24)10-13/h2-5,8-9,13H,6-7,10H2,1H3,(H,19,21)(H,20,22). The maximum Gasteiger partial charge on any atom is 0.253 e. The predicted octanol–water partition coefficient (Wildman–Crippen LogP) is 2.40. The first-order chi connectivity index (χ1) is 12.4. The van der Waals surface area contributed by atoms with Crippen molar-refractivity contribution < 1.29 is 17.9 Å². The van der Waals surface area contributed by atoms with Crippen molar-refractivity contribution in [3.63, 3.8) is 0 Å². The first-order valence-corrected chi connectivity index (χ1v) is 10.1. The molecule has 1 aromatic heterocycles. The molecular weight excluding hydrogens is 378 g/mol. The summed E-state index contributed by atoms with van der Waals surface area (Å²) in [6.07, 6.45) is 1.87. The number of hydrogen-bond donors (Lipinski definition) is 2. The molecule has 9 heteroatoms. The van der Waals surface area contributed by atoms with Gasteiger partial charge < -0.3 is 15.4 Å². The van der Waals surface area contributed by atoms with Gasteiger partial charge in [-0.15, -0.1) is 0 Å². The van der Waals surface area contributed by atoms with Crippen LogP contribution < -0.4 is 15.4 Å². The lowest BCUT2D eigenvalue weighted by Crippen LogP contribution is -2.35. The average Bonchev–Trinajstić information content (AvgIpc) is 2.94. The average molecular weight is 396 g/mol. The highest BCUT2D eigenvalue weighted by molar-refractivity contribution is 7.91. The van der Waals surface area contributed by atoms with E-state index in [4.69, 9.17) is 16.3 Å². The summed E-state index contributed by atoms with van der Waals surface area (Å²) in [4.78, 5) is 16.4. The Kier molecular flexibility index (Phi) is 5.33. The van der Waals surface area contributed by atoms with Crippen molar-refractivity contribution in [2.45, 2.75) is 12.5 Å². The molecule has 138 valence electrons. The number of aromatic nitrogens is 1. The Morgan fingerprint density at radius 3 is 2.73 bits per heavy atom. The molecule has 1 saturated heterocycles. The smallest absolute Gasteiger partial charge is 0.253 e. The third-order valence-corrected chi connectivity index (χ3v) is 6.02. The molecule has 1 aromatic carbocycles. The van der Waals surface area contributed by atoms with Crippen molar-refractivity contribution in [3.05, 3.63) is 47.1 Å². The van der Waals surface area contributed by atoms with Crippen LogP contribution in [0.4, 0.5) is 11.5 Å². The number of nitrogens with one attached hydrogen (secondary N) is 2. The lowest BCUT2D eigenvalue weighted by molar-refractivity contribution is 0.0941. The zero-order valence-corrected chi connectivity index (χ0v) is 15.6. The molecule has 26 heavy (non-hydrogen) atoms. The van der Waals surface area contributed by atoms with E-state index in [9.17, 15) is 13.2 Å². The minimum Gasteiger partial charge on any atom is -0.495 e. The summed E-state index contributed by atoms with van der Waals surface area (Å²) in [5, 5.41) is 6.36. The highest BCUT2D eigenvalue weighted by Gasteiger charge is 2.29. The van der Waals surface area contributed by atoms with E-state index in [1.807, 2.05) is 0 Å². The van der Waals surface area contributed by atoms with Crippen LogP contribution in [0.2, 0.25) is 5.02 Å². The molecule has 0 aliphatic carbocycles. The van der Waals surface area contributed by atoms with E-state index in [0.29, 0.717) is 34.3 Å². The topological polar surface area (TPSA) is 97.4 Å². The van der Waals surface area contributed by atoms with Crippen LogP contribution in [-0.2, 0) is 9.84 Å². The number of halogens is 1. The van der Waals surface area contributed by atoms with Gasteiger partial charge in [-0.25, -0.2) is 13.4 Å². The van der Waals surface area contributed by atoms with Crippen LogP contribution in [0.25, 0.3) is 0 Å². The quantitative estimate of drug-likeness (QED) is 0.806. The predicted molar refractivity (Wildman–Crippen MR) is 100 cm³/mol. The Labute approximate surface area is 156 Å². The molecule has 0 saturated carbocycles. The number of hydrogen-bond acceptors (Lipinski definition) is 6. The Morgan fingerprint density at radius 2 is 2.12 bits per heavy atom. The van der Waals surface area contributed by atoms with Gasteiger partial charge in [-0.1, -0.05) is 11.6 Å². The zero-order valence-electron chi connectivity index (χ0n) is 14.0. The van der Waals surface area contributed by atoms with E-state index in [1.165, 1.54) is 6.20 Å². The van der Waals surface area contributed by atoms with Crippen molar-refractivity contribution in [1.82, 2.24) is 10.3 Å². The van der Waals surface area contributed by atoms with Crippen molar-refractivity contribution in [2.24, 2.45) is 0 Å². The number of nitrogens with zero attached hydrogens (tertiary/aromatic N) is 1. The minimum absolute atomic E-state index is 0.0135. The molecule has 2 N–H and O–H groups in total. The second-order valence-corrected chi connectivity index (χ2v) is 8.64. The molecule has 0 radical (unpaired) electrons. The van der Waals surface area contributed by atoms with E-state index >= 15 is 0 Å². The molecule has 2 aromatic rings. The number of ether oxygens (including phenoxy) is 1. The summed E-state index contributed by atoms with van der Waals surface area (Å²) in [5.41, 5.74) is 1.01. The summed E-state index contributed by atoms with van der Waals surface area (Å²) in [7, 11) is -1.48. The molecule has 1 atom stereocenters. The lowest BCUT2D eigenvalue weighted by atomic mass is 10.2. The molecule has 1 aliphatic heterocycles. The van der Waals surface area contributed by atoms with Gasteiger partial charge in [-0.3, -0.25) is 4.79 Å². The Morgan fingerprint density at radius 1 is 1.31 bits per heavy atom. The number of carbonyl (C=O) groups is 1. The number of methoxy groups -OCH3 is 1. The Hall–Kier alpha value is -2.32. The highest BCUT2D eigenvalue weighted by Crippen LogP contribution is 2.29. The van der Waals surface area contributed by atoms with E-state index < -0.39 is 9.84 Å². The number of anilines is 2. The number of sulfone groups is 1. The van der Waals surface area contributed by atoms with Crippen molar-refractivity contribution in [1.29, 1.82) is 0 Å². The van der Waals surface area contributed by atoms with Crippen molar-refractivity contribution in [2.75, 3.05) is 23.9 Å². The van der Waals surface area contributed by atoms with Crippen LogP contribution in [0.3, 0.4) is 0 Å². The molecule has 7 nitrogen and oxygen atoms in total. The maximum absolute atomic E-state index is 12.2. The van der Waals surface area contributed by atoms with Crippen molar-refractivity contribution in [3.8, 4) is 5.75 Å². The van der Waals surface area contributed by atoms with Crippen LogP contribution in [0.1, 0.15) is 16.8 Å². The summed E-state index contributed by atoms with van der Waals surface area (Å²) >= 11 is 6.00. The van der Waals surface area contributed by atoms with Gasteiger partial charge in [0, 0.05) is 17.3 Å². The molecule has 0 bridgehead atoms. The first kappa shape index (κ1) is 18.5. The number of carbonyl (C=O) groups excluding carboxylic acids is 1. The fraction of sp³-hybridized carbons (Fsp3) is 0.294. The molecule has 0 spiro atoms. The summed E-state index contributed by atoms with van der Waals surface area (Å²) in [5.74, 6) is 0.887. The highest BCUT2D eigenvalue weighted by atomic mass is 35.5. The summed E-state index contributed by atoms with van der Waals surface area (Å²) < 4.78 is 28.2. The van der Waals surface area contributed by atoms with Gasteiger partial charge in [0.15, 0.2) is 9.84 Å². The number of amides is 1. The lowest BCUT2D eigenvalue weighted by Gasteiger charge is -2.12. The summed E-state index contributed by atoms with van der Waals surface area (Å²) in [6.45, 7) is 0. The Balaban J connectivity index is 1.67. The van der Waals surface area contributed by atoms with Crippen LogP contribution in [-0.4, -0.2) is 44.0 Å². The molecule has 1 fully saturated rings. The first-order valence-electron chi connectivity index (χ1n) is 7.94. The number of pyridine rings is 1. The molecule has 1 aliphatic rings. The third kappa shape index (κ3) is 4.44. The van der Waals surface area contributed by atoms with Crippen LogP contribution in [0.15, 0.2) is 36.5 Å². The minimum atomic E-state index is -3.04. The third-order valence-electron chi connectivity index (χ3n) is 4.02. The maximum atomic E-state index is 12.2. The molecular formula is C17H18ClN3O4S. The van der Waals surface area contributed by atoms with E-state index in [1.54, 1.807) is 37.4 Å². The molecule has 3 rings (SSSR count). The van der Waals surface area contributed by atoms with Crippen LogP contribution in [0, 0.1) is 0 Å². The zero-order chi connectivity index (χ0) is 18.7. The van der Waals surface area contributed by atoms with E-state index in [0.717, 1.165) is 0 Å². The Bertz CT molecular complexity index is 916. The van der Waals surface area contributed by atoms with E-state index in [-0.39, 0.29) is 23.5 Å². The largest absolute Gasteiger partial charge is 0.495 e. The van der Waals surface area contributed by atoms with Crippen molar-refractivity contribution >= 4 is 38.9 Å². The van der Waals surface area contributed by atoms with Gasteiger partial charge in [0.25, 0.3) is 5.91 Å². The number of rotatable bonds is 5. The van der Waals surface area contributed by atoms with Gasteiger partial charge in [-0.05, 0) is 36.8 Å². The van der Waals surface area contributed by atoms with Gasteiger partial charge in [-0.2, -0.15) is 0 Å². The van der Waals surface area contributed by atoms with Crippen LogP contribution >= 0.6 is 11.6 Å². The fourth-order valence-corrected chi connectivity index (χ4v) is 4.54. The second-order valence-electron chi connectivity index (χ2n) is 5.98. The molecule has 1 amide bonds. The molecule has 2 heterocycles. The SMILES string of the molecule is COc1ccc(Cl)cc1Nc1ccc(C(=O)NC2CCS(=O)(=O)C2)cn1. The van der Waals surface area contributed by atoms with E-state index in [2.05, 4.69) is 15.6 Å².